The molecule has 2 aliphatic rings. The lowest BCUT2D eigenvalue weighted by Gasteiger charge is -2.57. The minimum atomic E-state index is -0.811. The molecule has 1 fully saturated rings. The van der Waals surface area contributed by atoms with E-state index < -0.39 is 5.60 Å². The molecular weight excluding hydrogens is 272 g/mol. The fourth-order valence-corrected chi connectivity index (χ4v) is 5.23. The van der Waals surface area contributed by atoms with Crippen molar-refractivity contribution in [1.82, 2.24) is 0 Å². The molecule has 2 rings (SSSR count). The zero-order valence-electron chi connectivity index (χ0n) is 14.9. The average molecular weight is 306 g/mol. The molecule has 1 saturated carbocycles. The van der Waals surface area contributed by atoms with Gasteiger partial charge in [0.05, 0.1) is 12.2 Å². The average Bonchev–Trinajstić information content (AvgIpc) is 2.44. The second kappa shape index (κ2) is 6.13. The van der Waals surface area contributed by atoms with Crippen molar-refractivity contribution in [3.8, 4) is 0 Å². The van der Waals surface area contributed by atoms with Crippen LogP contribution in [0.25, 0.3) is 0 Å². The molecule has 4 atom stereocenters. The van der Waals surface area contributed by atoms with Gasteiger partial charge >= 0.3 is 0 Å². The summed E-state index contributed by atoms with van der Waals surface area (Å²) in [4.78, 5) is 0. The van der Waals surface area contributed by atoms with Gasteiger partial charge in [0, 0.05) is 0 Å². The molecule has 2 heteroatoms. The number of allylic oxidation sites excluding steroid dienone is 1. The molecular formula is C20H34O2. The quantitative estimate of drug-likeness (QED) is 0.735. The summed E-state index contributed by atoms with van der Waals surface area (Å²) in [7, 11) is 0. The van der Waals surface area contributed by atoms with E-state index in [0.29, 0.717) is 23.7 Å². The Morgan fingerprint density at radius 1 is 1.36 bits per heavy atom. The number of aliphatic hydroxyl groups excluding tert-OH is 1. The molecule has 0 amide bonds. The fraction of sp³-hybridized carbons (Fsp3) is 0.800. The minimum absolute atomic E-state index is 0.156. The number of rotatable bonds is 5. The summed E-state index contributed by atoms with van der Waals surface area (Å²) in [5.74, 6) is 1.05. The maximum Gasteiger partial charge on any atom is 0.0797 e. The van der Waals surface area contributed by atoms with E-state index in [2.05, 4.69) is 33.4 Å². The summed E-state index contributed by atoms with van der Waals surface area (Å²) >= 11 is 0. The highest BCUT2D eigenvalue weighted by Crippen LogP contribution is 2.60. The number of hydrogen-bond donors (Lipinski definition) is 2. The van der Waals surface area contributed by atoms with E-state index in [9.17, 15) is 10.2 Å². The molecule has 0 saturated heterocycles. The smallest absolute Gasteiger partial charge is 0.0797 e. The summed E-state index contributed by atoms with van der Waals surface area (Å²) < 4.78 is 0. The number of hydrogen-bond acceptors (Lipinski definition) is 2. The molecule has 2 N–H and O–H groups in total. The van der Waals surface area contributed by atoms with Crippen molar-refractivity contribution >= 4 is 0 Å². The third-order valence-electron chi connectivity index (χ3n) is 6.70. The molecule has 0 aromatic carbocycles. The summed E-state index contributed by atoms with van der Waals surface area (Å²) in [6.45, 7) is 13.0. The minimum Gasteiger partial charge on any atom is -0.392 e. The fourth-order valence-electron chi connectivity index (χ4n) is 5.23. The Bertz CT molecular complexity index is 447. The van der Waals surface area contributed by atoms with Crippen LogP contribution in [0.3, 0.4) is 0 Å². The lowest BCUT2D eigenvalue weighted by molar-refractivity contribution is -0.0470. The Morgan fingerprint density at radius 3 is 2.64 bits per heavy atom. The van der Waals surface area contributed by atoms with E-state index in [-0.39, 0.29) is 12.0 Å². The van der Waals surface area contributed by atoms with E-state index in [1.807, 2.05) is 6.92 Å². The Balaban J connectivity index is 2.29. The number of fused-ring (bicyclic) bond motifs is 1. The van der Waals surface area contributed by atoms with Crippen molar-refractivity contribution in [3.63, 3.8) is 0 Å². The first kappa shape index (κ1) is 17.7. The van der Waals surface area contributed by atoms with Gasteiger partial charge in [0.2, 0.25) is 0 Å². The van der Waals surface area contributed by atoms with E-state index in [1.54, 1.807) is 6.08 Å². The summed E-state index contributed by atoms with van der Waals surface area (Å²) in [6.07, 6.45) is 10.5. The SMILES string of the molecule is C=C[C@@](C)(O)CC[C@H]1C(CO)=CC[C@H]2C(C)(C)CCC[C@]12C. The van der Waals surface area contributed by atoms with Gasteiger partial charge in [-0.3, -0.25) is 0 Å². The highest BCUT2D eigenvalue weighted by Gasteiger charge is 2.52. The Labute approximate surface area is 136 Å². The monoisotopic (exact) mass is 306 g/mol. The third-order valence-corrected chi connectivity index (χ3v) is 6.70. The van der Waals surface area contributed by atoms with Crippen molar-refractivity contribution < 1.29 is 10.2 Å². The maximum absolute atomic E-state index is 10.3. The Hall–Kier alpha value is -0.600. The van der Waals surface area contributed by atoms with Crippen LogP contribution in [-0.2, 0) is 0 Å². The van der Waals surface area contributed by atoms with Gasteiger partial charge in [-0.25, -0.2) is 0 Å². The predicted molar refractivity (Wildman–Crippen MR) is 92.6 cm³/mol. The van der Waals surface area contributed by atoms with Crippen molar-refractivity contribution in [3.05, 3.63) is 24.3 Å². The van der Waals surface area contributed by atoms with Crippen LogP contribution in [0, 0.1) is 22.7 Å². The lowest BCUT2D eigenvalue weighted by Crippen LogP contribution is -2.49. The summed E-state index contributed by atoms with van der Waals surface area (Å²) in [5, 5.41) is 20.1. The molecule has 22 heavy (non-hydrogen) atoms. The summed E-state index contributed by atoms with van der Waals surface area (Å²) in [6, 6.07) is 0. The van der Waals surface area contributed by atoms with Crippen LogP contribution in [0.5, 0.6) is 0 Å². The van der Waals surface area contributed by atoms with E-state index in [1.165, 1.54) is 24.8 Å². The van der Waals surface area contributed by atoms with Crippen LogP contribution in [0.1, 0.15) is 66.2 Å². The largest absolute Gasteiger partial charge is 0.392 e. The van der Waals surface area contributed by atoms with E-state index in [0.717, 1.165) is 12.8 Å². The van der Waals surface area contributed by atoms with Crippen molar-refractivity contribution in [2.75, 3.05) is 6.61 Å². The predicted octanol–water partition coefficient (Wildman–Crippen LogP) is 4.47. The molecule has 0 bridgehead atoms. The van der Waals surface area contributed by atoms with Crippen molar-refractivity contribution in [2.24, 2.45) is 22.7 Å². The first-order valence-electron chi connectivity index (χ1n) is 8.82. The maximum atomic E-state index is 10.3. The zero-order valence-corrected chi connectivity index (χ0v) is 14.9. The standard InChI is InChI=1S/C20H34O2/c1-6-19(4,22)13-10-16-15(14-21)8-9-17-18(2,3)11-7-12-20(16,17)5/h6,8,16-17,21-22H,1,7,9-14H2,2-5H3/t16-,17-,19+,20+/m0/s1. The molecule has 0 aliphatic heterocycles. The van der Waals surface area contributed by atoms with Gasteiger partial charge in [0.15, 0.2) is 0 Å². The first-order valence-corrected chi connectivity index (χ1v) is 8.82. The van der Waals surface area contributed by atoms with Gasteiger partial charge < -0.3 is 10.2 Å². The van der Waals surface area contributed by atoms with Crippen LogP contribution < -0.4 is 0 Å². The van der Waals surface area contributed by atoms with E-state index in [4.69, 9.17) is 0 Å². The molecule has 0 heterocycles. The molecule has 0 aromatic heterocycles. The lowest BCUT2D eigenvalue weighted by atomic mass is 9.48. The molecule has 2 nitrogen and oxygen atoms in total. The van der Waals surface area contributed by atoms with Gasteiger partial charge in [0.25, 0.3) is 0 Å². The molecule has 0 aromatic rings. The van der Waals surface area contributed by atoms with Gasteiger partial charge in [-0.2, -0.15) is 0 Å². The first-order chi connectivity index (χ1) is 10.2. The van der Waals surface area contributed by atoms with Gasteiger partial charge in [-0.1, -0.05) is 39.3 Å². The Morgan fingerprint density at radius 2 is 2.05 bits per heavy atom. The molecule has 0 unspecified atom stereocenters. The van der Waals surface area contributed by atoms with Crippen LogP contribution in [-0.4, -0.2) is 22.4 Å². The van der Waals surface area contributed by atoms with Gasteiger partial charge in [0.1, 0.15) is 0 Å². The van der Waals surface area contributed by atoms with Crippen LogP contribution in [0.4, 0.5) is 0 Å². The van der Waals surface area contributed by atoms with Crippen molar-refractivity contribution in [2.45, 2.75) is 71.8 Å². The third kappa shape index (κ3) is 3.19. The topological polar surface area (TPSA) is 40.5 Å². The molecule has 0 spiro atoms. The highest BCUT2D eigenvalue weighted by molar-refractivity contribution is 5.20. The van der Waals surface area contributed by atoms with Crippen LogP contribution in [0.2, 0.25) is 0 Å². The number of aliphatic hydroxyl groups is 2. The highest BCUT2D eigenvalue weighted by atomic mass is 16.3. The van der Waals surface area contributed by atoms with Crippen LogP contribution >= 0.6 is 0 Å². The molecule has 126 valence electrons. The van der Waals surface area contributed by atoms with Gasteiger partial charge in [-0.15, -0.1) is 6.58 Å². The second-order valence-electron chi connectivity index (χ2n) is 8.73. The van der Waals surface area contributed by atoms with E-state index >= 15 is 0 Å². The zero-order chi connectivity index (χ0) is 16.6. The molecule has 0 radical (unpaired) electrons. The second-order valence-corrected chi connectivity index (χ2v) is 8.73. The Kier molecular flexibility index (Phi) is 4.94. The van der Waals surface area contributed by atoms with Crippen molar-refractivity contribution in [1.29, 1.82) is 0 Å². The molecule has 2 aliphatic carbocycles. The van der Waals surface area contributed by atoms with Gasteiger partial charge in [-0.05, 0) is 67.3 Å². The normalized spacial score (nSPS) is 36.9. The van der Waals surface area contributed by atoms with Crippen LogP contribution in [0.15, 0.2) is 24.3 Å². The summed E-state index contributed by atoms with van der Waals surface area (Å²) in [5.41, 5.74) is 0.986.